The molecule has 0 bridgehead atoms. The van der Waals surface area contributed by atoms with Crippen LogP contribution in [0.5, 0.6) is 5.75 Å². The van der Waals surface area contributed by atoms with Crippen LogP contribution in [0.4, 0.5) is 0 Å². The van der Waals surface area contributed by atoms with Gasteiger partial charge < -0.3 is 14.1 Å². The van der Waals surface area contributed by atoms with Crippen LogP contribution in [0.2, 0.25) is 0 Å². The molecule has 2 aliphatic heterocycles. The topological polar surface area (TPSA) is 80.1 Å². The van der Waals surface area contributed by atoms with Crippen LogP contribution in [-0.4, -0.2) is 64.3 Å². The number of amides is 2. The standard InChI is InChI=1S/C26H36N2O5S/c1-15(2)22-19-13-16(3)20(32-18-7-9-27(10-8-18)17-5-4-6-17)14-21(19)33-23(22)24(29)28-11-12-34-26(31)25(28)30/h13-15,17-18H,4-12H2,1-3H3,34H4. The maximum atomic E-state index is 13.3. The van der Waals surface area contributed by atoms with Crippen molar-refractivity contribution in [2.24, 2.45) is 0 Å². The lowest BCUT2D eigenvalue weighted by Crippen LogP contribution is -2.46. The summed E-state index contributed by atoms with van der Waals surface area (Å²) in [6.07, 6.45) is 6.23. The fraction of sp³-hybridized carbons (Fsp3) is 0.577. The number of piperidine rings is 1. The first-order chi connectivity index (χ1) is 16.3. The summed E-state index contributed by atoms with van der Waals surface area (Å²) >= 11 is -1.07. The van der Waals surface area contributed by atoms with Crippen LogP contribution in [-0.2, 0) is 9.59 Å². The highest BCUT2D eigenvalue weighted by atomic mass is 32.2. The van der Waals surface area contributed by atoms with Gasteiger partial charge in [0, 0.05) is 42.7 Å². The van der Waals surface area contributed by atoms with Crippen molar-refractivity contribution < 1.29 is 23.5 Å². The molecule has 0 radical (unpaired) electrons. The van der Waals surface area contributed by atoms with E-state index in [1.165, 1.54) is 19.3 Å². The molecule has 2 amide bonds. The molecule has 0 N–H and O–H groups in total. The summed E-state index contributed by atoms with van der Waals surface area (Å²) in [7, 11) is 0. The van der Waals surface area contributed by atoms with Crippen molar-refractivity contribution >= 4 is 39.7 Å². The normalized spacial score (nSPS) is 21.1. The van der Waals surface area contributed by atoms with E-state index in [4.69, 9.17) is 9.15 Å². The quantitative estimate of drug-likeness (QED) is 0.474. The monoisotopic (exact) mass is 488 g/mol. The zero-order valence-electron chi connectivity index (χ0n) is 20.4. The van der Waals surface area contributed by atoms with E-state index in [-0.39, 0.29) is 22.9 Å². The van der Waals surface area contributed by atoms with Gasteiger partial charge in [0.05, 0.1) is 0 Å². The van der Waals surface area contributed by atoms with Crippen molar-refractivity contribution in [3.63, 3.8) is 0 Å². The third-order valence-electron chi connectivity index (χ3n) is 7.67. The number of imide groups is 1. The number of furan rings is 1. The molecule has 2 aromatic rings. The van der Waals surface area contributed by atoms with E-state index >= 15 is 0 Å². The summed E-state index contributed by atoms with van der Waals surface area (Å²) < 4.78 is 12.5. The van der Waals surface area contributed by atoms with Crippen molar-refractivity contribution in [1.29, 1.82) is 0 Å². The largest absolute Gasteiger partial charge is 0.490 e. The van der Waals surface area contributed by atoms with Crippen LogP contribution in [0, 0.1) is 6.92 Å². The van der Waals surface area contributed by atoms with Crippen LogP contribution in [0.3, 0.4) is 0 Å². The molecule has 2 saturated heterocycles. The molecule has 1 saturated carbocycles. The molecule has 1 aromatic heterocycles. The number of hydrogen-bond acceptors (Lipinski definition) is 6. The van der Waals surface area contributed by atoms with E-state index in [9.17, 15) is 14.4 Å². The Bertz CT molecular complexity index is 1130. The van der Waals surface area contributed by atoms with E-state index in [2.05, 4.69) is 4.90 Å². The SMILES string of the molecule is Cc1cc2c(C(C)C)c(C(=O)N3CC[SH4]C(=O)C3=O)oc2cc1OC1CCN(C2CCC2)CC1. The van der Waals surface area contributed by atoms with Gasteiger partial charge in [0.1, 0.15) is 17.4 Å². The van der Waals surface area contributed by atoms with Gasteiger partial charge in [-0.1, -0.05) is 20.3 Å². The van der Waals surface area contributed by atoms with Gasteiger partial charge in [0.15, 0.2) is 5.76 Å². The molecular formula is C26H36N2O5S. The maximum Gasteiger partial charge on any atom is 0.304 e. The van der Waals surface area contributed by atoms with Crippen LogP contribution in [0.15, 0.2) is 16.5 Å². The Morgan fingerprint density at radius 2 is 1.85 bits per heavy atom. The Morgan fingerprint density at radius 1 is 1.12 bits per heavy atom. The lowest BCUT2D eigenvalue weighted by molar-refractivity contribution is -0.138. The van der Waals surface area contributed by atoms with Crippen LogP contribution >= 0.6 is 11.8 Å². The fourth-order valence-corrected chi connectivity index (χ4v) is 6.67. The predicted octanol–water partition coefficient (Wildman–Crippen LogP) is 3.43. The highest BCUT2D eigenvalue weighted by molar-refractivity contribution is 8.15. The number of ether oxygens (including phenoxy) is 1. The molecule has 1 aliphatic carbocycles. The van der Waals surface area contributed by atoms with E-state index in [1.807, 2.05) is 32.9 Å². The molecule has 3 heterocycles. The van der Waals surface area contributed by atoms with Gasteiger partial charge in [0.25, 0.3) is 5.91 Å². The third-order valence-corrected chi connectivity index (χ3v) is 9.10. The summed E-state index contributed by atoms with van der Waals surface area (Å²) in [6.45, 7) is 8.50. The Morgan fingerprint density at radius 3 is 2.50 bits per heavy atom. The molecule has 0 unspecified atom stereocenters. The predicted molar refractivity (Wildman–Crippen MR) is 137 cm³/mol. The number of carbonyl (C=O) groups is 3. The molecule has 186 valence electrons. The highest BCUT2D eigenvalue weighted by Crippen LogP contribution is 2.38. The Balaban J connectivity index is 1.40. The summed E-state index contributed by atoms with van der Waals surface area (Å²) in [4.78, 5) is 41.3. The summed E-state index contributed by atoms with van der Waals surface area (Å²) in [5.74, 6) is 0.423. The van der Waals surface area contributed by atoms with Crippen LogP contribution in [0.25, 0.3) is 11.0 Å². The zero-order chi connectivity index (χ0) is 24.0. The third kappa shape index (κ3) is 4.26. The fourth-order valence-electron chi connectivity index (χ4n) is 5.47. The minimum atomic E-state index is -1.07. The number of rotatable bonds is 5. The highest BCUT2D eigenvalue weighted by Gasteiger charge is 2.35. The molecule has 3 fully saturated rings. The molecule has 0 atom stereocenters. The lowest BCUT2D eigenvalue weighted by atomic mass is 9.90. The van der Waals surface area contributed by atoms with E-state index in [0.29, 0.717) is 17.9 Å². The number of carbonyl (C=O) groups excluding carboxylic acids is 3. The Labute approximate surface area is 204 Å². The first-order valence-corrected chi connectivity index (χ1v) is 14.4. The number of fused-ring (bicyclic) bond motifs is 1. The van der Waals surface area contributed by atoms with Gasteiger partial charge in [-0.3, -0.25) is 19.3 Å². The average Bonchev–Trinajstić information content (AvgIpc) is 3.14. The number of hydrogen-bond donors (Lipinski definition) is 0. The summed E-state index contributed by atoms with van der Waals surface area (Å²) in [6, 6.07) is 4.69. The molecule has 7 nitrogen and oxygen atoms in total. The van der Waals surface area contributed by atoms with Gasteiger partial charge in [0.2, 0.25) is 5.12 Å². The minimum absolute atomic E-state index is 0.0205. The Kier molecular flexibility index (Phi) is 6.46. The molecule has 0 spiro atoms. The van der Waals surface area contributed by atoms with Gasteiger partial charge in [-0.15, -0.1) is 0 Å². The number of benzene rings is 1. The molecule has 34 heavy (non-hydrogen) atoms. The second-order valence-corrected chi connectivity index (χ2v) is 12.2. The van der Waals surface area contributed by atoms with E-state index < -0.39 is 23.6 Å². The zero-order valence-corrected chi connectivity index (χ0v) is 21.8. The Hall–Kier alpha value is -2.32. The van der Waals surface area contributed by atoms with Crippen molar-refractivity contribution in [2.45, 2.75) is 70.9 Å². The van der Waals surface area contributed by atoms with Gasteiger partial charge in [-0.2, -0.15) is 0 Å². The second kappa shape index (κ2) is 9.38. The average molecular weight is 489 g/mol. The minimum Gasteiger partial charge on any atom is -0.490 e. The molecule has 8 heteroatoms. The summed E-state index contributed by atoms with van der Waals surface area (Å²) in [5.41, 5.74) is 2.38. The van der Waals surface area contributed by atoms with Gasteiger partial charge in [-0.25, -0.2) is 11.8 Å². The van der Waals surface area contributed by atoms with Crippen LogP contribution in [0.1, 0.15) is 73.6 Å². The lowest BCUT2D eigenvalue weighted by Gasteiger charge is -2.41. The molecule has 5 rings (SSSR count). The van der Waals surface area contributed by atoms with Crippen LogP contribution < -0.4 is 4.74 Å². The first-order valence-electron chi connectivity index (χ1n) is 12.7. The molecule has 1 aromatic carbocycles. The van der Waals surface area contributed by atoms with Crippen molar-refractivity contribution in [1.82, 2.24) is 9.80 Å². The van der Waals surface area contributed by atoms with Gasteiger partial charge >= 0.3 is 5.91 Å². The maximum absolute atomic E-state index is 13.3. The smallest absolute Gasteiger partial charge is 0.304 e. The number of likely N-dealkylation sites (tertiary alicyclic amines) is 1. The van der Waals surface area contributed by atoms with Gasteiger partial charge in [-0.05, 0) is 55.9 Å². The van der Waals surface area contributed by atoms with Crippen molar-refractivity contribution in [3.8, 4) is 5.75 Å². The number of nitrogens with zero attached hydrogens (tertiary/aromatic N) is 2. The van der Waals surface area contributed by atoms with Crippen molar-refractivity contribution in [3.05, 3.63) is 29.0 Å². The first kappa shape index (κ1) is 23.4. The molecule has 3 aliphatic rings. The second-order valence-electron chi connectivity index (χ2n) is 10.3. The van der Waals surface area contributed by atoms with Crippen molar-refractivity contribution in [2.75, 3.05) is 25.4 Å². The van der Waals surface area contributed by atoms with E-state index in [1.54, 1.807) is 0 Å². The summed E-state index contributed by atoms with van der Waals surface area (Å²) in [5, 5.41) is 0.491. The number of aryl methyl sites for hydroxylation is 1. The van der Waals surface area contributed by atoms with E-state index in [0.717, 1.165) is 59.1 Å². The molecular weight excluding hydrogens is 452 g/mol.